The van der Waals surface area contributed by atoms with Crippen LogP contribution in [0.25, 0.3) is 0 Å². The Labute approximate surface area is 113 Å². The van der Waals surface area contributed by atoms with E-state index in [0.29, 0.717) is 24.1 Å². The van der Waals surface area contributed by atoms with Crippen molar-refractivity contribution in [3.63, 3.8) is 0 Å². The summed E-state index contributed by atoms with van der Waals surface area (Å²) in [5.41, 5.74) is 0.453. The summed E-state index contributed by atoms with van der Waals surface area (Å²) in [6.07, 6.45) is 1.06. The zero-order valence-corrected chi connectivity index (χ0v) is 11.6. The summed E-state index contributed by atoms with van der Waals surface area (Å²) < 4.78 is 26.8. The van der Waals surface area contributed by atoms with Crippen LogP contribution in [-0.2, 0) is 6.54 Å². The molecule has 1 aliphatic rings. The molecular formula is C15H22F2N2. The van der Waals surface area contributed by atoms with E-state index >= 15 is 0 Å². The monoisotopic (exact) mass is 268 g/mol. The molecule has 1 aromatic rings. The molecular weight excluding hydrogens is 246 g/mol. The van der Waals surface area contributed by atoms with Gasteiger partial charge in [0.1, 0.15) is 0 Å². The number of nitrogens with one attached hydrogen (secondary N) is 1. The maximum Gasteiger partial charge on any atom is 0.163 e. The van der Waals surface area contributed by atoms with Crippen LogP contribution in [-0.4, -0.2) is 30.6 Å². The Hall–Kier alpha value is -1.00. The third kappa shape index (κ3) is 3.51. The van der Waals surface area contributed by atoms with Gasteiger partial charge in [0.05, 0.1) is 0 Å². The van der Waals surface area contributed by atoms with E-state index in [1.807, 2.05) is 0 Å². The number of hydrogen-bond donors (Lipinski definition) is 1. The first-order valence-electron chi connectivity index (χ1n) is 7.00. The minimum absolute atomic E-state index is 0.453. The fourth-order valence-corrected chi connectivity index (χ4v) is 2.85. The Morgan fingerprint density at radius 1 is 1.37 bits per heavy atom. The largest absolute Gasteiger partial charge is 0.314 e. The number of likely N-dealkylation sites (tertiary alicyclic amines) is 1. The number of halogens is 2. The van der Waals surface area contributed by atoms with Gasteiger partial charge < -0.3 is 5.32 Å². The summed E-state index contributed by atoms with van der Waals surface area (Å²) in [5, 5.41) is 3.48. The van der Waals surface area contributed by atoms with E-state index in [-0.39, 0.29) is 0 Å². The zero-order valence-electron chi connectivity index (χ0n) is 11.6. The third-order valence-electron chi connectivity index (χ3n) is 3.88. The van der Waals surface area contributed by atoms with Crippen LogP contribution >= 0.6 is 0 Å². The maximum absolute atomic E-state index is 13.6. The van der Waals surface area contributed by atoms with Crippen LogP contribution in [0.5, 0.6) is 0 Å². The van der Waals surface area contributed by atoms with Crippen LogP contribution in [0.2, 0.25) is 0 Å². The van der Waals surface area contributed by atoms with Crippen LogP contribution in [0.15, 0.2) is 18.2 Å². The van der Waals surface area contributed by atoms with Gasteiger partial charge >= 0.3 is 0 Å². The maximum atomic E-state index is 13.6. The van der Waals surface area contributed by atoms with Crippen molar-refractivity contribution in [1.82, 2.24) is 10.2 Å². The summed E-state index contributed by atoms with van der Waals surface area (Å²) in [5.74, 6) is -0.928. The molecule has 0 aromatic heterocycles. The summed E-state index contributed by atoms with van der Waals surface area (Å²) in [6.45, 7) is 7.65. The molecule has 1 aromatic carbocycles. The van der Waals surface area contributed by atoms with Gasteiger partial charge in [-0.25, -0.2) is 8.78 Å². The Morgan fingerprint density at radius 3 is 2.84 bits per heavy atom. The second-order valence-corrected chi connectivity index (χ2v) is 5.38. The van der Waals surface area contributed by atoms with Gasteiger partial charge in [-0.2, -0.15) is 0 Å². The molecule has 1 aliphatic heterocycles. The second-order valence-electron chi connectivity index (χ2n) is 5.38. The predicted molar refractivity (Wildman–Crippen MR) is 72.9 cm³/mol. The second kappa shape index (κ2) is 6.44. The van der Waals surface area contributed by atoms with Gasteiger partial charge in [-0.05, 0) is 31.5 Å². The molecule has 1 fully saturated rings. The van der Waals surface area contributed by atoms with Gasteiger partial charge in [-0.1, -0.05) is 26.0 Å². The van der Waals surface area contributed by atoms with Gasteiger partial charge in [0.15, 0.2) is 11.6 Å². The van der Waals surface area contributed by atoms with Gasteiger partial charge in [0.25, 0.3) is 0 Å². The Balaban J connectivity index is 1.96. The highest BCUT2D eigenvalue weighted by atomic mass is 19.2. The SMILES string of the molecule is CCNC1CCN(Cc2cccc(F)c2F)CC1C. The number of nitrogens with zero attached hydrogens (tertiary/aromatic N) is 1. The summed E-state index contributed by atoms with van der Waals surface area (Å²) in [4.78, 5) is 2.20. The molecule has 0 bridgehead atoms. The molecule has 0 amide bonds. The van der Waals surface area contributed by atoms with Crippen molar-refractivity contribution in [2.75, 3.05) is 19.6 Å². The highest BCUT2D eigenvalue weighted by Crippen LogP contribution is 2.20. The van der Waals surface area contributed by atoms with Crippen molar-refractivity contribution in [3.05, 3.63) is 35.4 Å². The van der Waals surface area contributed by atoms with E-state index in [1.54, 1.807) is 12.1 Å². The van der Waals surface area contributed by atoms with Gasteiger partial charge in [-0.15, -0.1) is 0 Å². The van der Waals surface area contributed by atoms with Crippen LogP contribution in [0.1, 0.15) is 25.8 Å². The molecule has 2 unspecified atom stereocenters. The molecule has 106 valence electrons. The number of hydrogen-bond acceptors (Lipinski definition) is 2. The van der Waals surface area contributed by atoms with Crippen LogP contribution in [0.3, 0.4) is 0 Å². The normalized spacial score (nSPS) is 24.6. The highest BCUT2D eigenvalue weighted by Gasteiger charge is 2.25. The van der Waals surface area contributed by atoms with Crippen molar-refractivity contribution >= 4 is 0 Å². The van der Waals surface area contributed by atoms with Gasteiger partial charge in [-0.3, -0.25) is 4.90 Å². The summed E-state index contributed by atoms with van der Waals surface area (Å²) >= 11 is 0. The topological polar surface area (TPSA) is 15.3 Å². The molecule has 1 N–H and O–H groups in total. The zero-order chi connectivity index (χ0) is 13.8. The molecule has 0 saturated carbocycles. The summed E-state index contributed by atoms with van der Waals surface area (Å²) in [6, 6.07) is 4.94. The lowest BCUT2D eigenvalue weighted by molar-refractivity contribution is 0.140. The van der Waals surface area contributed by atoms with E-state index in [2.05, 4.69) is 24.1 Å². The lowest BCUT2D eigenvalue weighted by atomic mass is 9.93. The fraction of sp³-hybridized carbons (Fsp3) is 0.600. The van der Waals surface area contributed by atoms with E-state index in [4.69, 9.17) is 0 Å². The van der Waals surface area contributed by atoms with Crippen LogP contribution < -0.4 is 5.32 Å². The Bertz CT molecular complexity index is 423. The predicted octanol–water partition coefficient (Wildman–Crippen LogP) is 2.78. The van der Waals surface area contributed by atoms with Crippen molar-refractivity contribution in [1.29, 1.82) is 0 Å². The van der Waals surface area contributed by atoms with Gasteiger partial charge in [0.2, 0.25) is 0 Å². The molecule has 0 spiro atoms. The Kier molecular flexibility index (Phi) is 4.88. The molecule has 1 saturated heterocycles. The Morgan fingerprint density at radius 2 is 2.16 bits per heavy atom. The average Bonchev–Trinajstić information content (AvgIpc) is 2.38. The summed E-state index contributed by atoms with van der Waals surface area (Å²) in [7, 11) is 0. The molecule has 19 heavy (non-hydrogen) atoms. The average molecular weight is 268 g/mol. The molecule has 4 heteroatoms. The first-order chi connectivity index (χ1) is 9.11. The molecule has 2 rings (SSSR count). The number of rotatable bonds is 4. The smallest absolute Gasteiger partial charge is 0.163 e. The first-order valence-corrected chi connectivity index (χ1v) is 7.00. The van der Waals surface area contributed by atoms with E-state index < -0.39 is 11.6 Å². The van der Waals surface area contributed by atoms with E-state index in [9.17, 15) is 8.78 Å². The minimum Gasteiger partial charge on any atom is -0.314 e. The van der Waals surface area contributed by atoms with Crippen molar-refractivity contribution in [3.8, 4) is 0 Å². The number of benzene rings is 1. The van der Waals surface area contributed by atoms with E-state index in [1.165, 1.54) is 6.07 Å². The molecule has 2 atom stereocenters. The third-order valence-corrected chi connectivity index (χ3v) is 3.88. The minimum atomic E-state index is -0.756. The lowest BCUT2D eigenvalue weighted by Gasteiger charge is -2.37. The highest BCUT2D eigenvalue weighted by molar-refractivity contribution is 5.18. The van der Waals surface area contributed by atoms with Crippen molar-refractivity contribution < 1.29 is 8.78 Å². The quantitative estimate of drug-likeness (QED) is 0.903. The van der Waals surface area contributed by atoms with Crippen LogP contribution in [0.4, 0.5) is 8.78 Å². The standard InChI is InChI=1S/C15H22F2N2/c1-3-18-14-7-8-19(9-11(14)2)10-12-5-4-6-13(16)15(12)17/h4-6,11,14,18H,3,7-10H2,1-2H3. The molecule has 0 aliphatic carbocycles. The fourth-order valence-electron chi connectivity index (χ4n) is 2.85. The van der Waals surface area contributed by atoms with Gasteiger partial charge in [0, 0.05) is 24.7 Å². The van der Waals surface area contributed by atoms with Crippen molar-refractivity contribution in [2.45, 2.75) is 32.9 Å². The van der Waals surface area contributed by atoms with Crippen molar-refractivity contribution in [2.24, 2.45) is 5.92 Å². The molecule has 2 nitrogen and oxygen atoms in total. The molecule has 1 heterocycles. The number of piperidine rings is 1. The first kappa shape index (κ1) is 14.4. The lowest BCUT2D eigenvalue weighted by Crippen LogP contribution is -2.47. The van der Waals surface area contributed by atoms with Crippen LogP contribution in [0, 0.1) is 17.6 Å². The van der Waals surface area contributed by atoms with E-state index in [0.717, 1.165) is 26.1 Å². The molecule has 0 radical (unpaired) electrons.